The number of para-hydroxylation sites is 1. The van der Waals surface area contributed by atoms with Crippen molar-refractivity contribution in [1.29, 1.82) is 0 Å². The largest absolute Gasteiger partial charge is 0.389 e. The highest BCUT2D eigenvalue weighted by atomic mass is 32.2. The van der Waals surface area contributed by atoms with Crippen LogP contribution in [0.5, 0.6) is 0 Å². The minimum Gasteiger partial charge on any atom is -0.389 e. The van der Waals surface area contributed by atoms with E-state index >= 15 is 0 Å². The zero-order chi connectivity index (χ0) is 14.8. The fourth-order valence-corrected chi connectivity index (χ4v) is 3.14. The number of anilines is 1. The molecule has 0 heterocycles. The van der Waals surface area contributed by atoms with Gasteiger partial charge in [-0.25, -0.2) is 8.42 Å². The number of thiocarbonyl (C=S) groups is 1. The molecule has 0 bridgehead atoms. The second kappa shape index (κ2) is 5.60. The molecule has 104 valence electrons. The molecule has 0 radical (unpaired) electrons. The van der Waals surface area contributed by atoms with Gasteiger partial charge >= 0.3 is 0 Å². The standard InChI is InChI=1S/C14H14N2O2S2/c1-10-5-4-6-11(9-10)20(17,18)16-13-8-3-2-7-12(13)14(15)19/h2-9,16H,1H3,(H2,15,19). The molecule has 0 fully saturated rings. The average molecular weight is 306 g/mol. The van der Waals surface area contributed by atoms with Gasteiger partial charge in [0, 0.05) is 5.56 Å². The van der Waals surface area contributed by atoms with Gasteiger partial charge < -0.3 is 5.73 Å². The van der Waals surface area contributed by atoms with Crippen molar-refractivity contribution in [2.45, 2.75) is 11.8 Å². The van der Waals surface area contributed by atoms with Gasteiger partial charge in [-0.3, -0.25) is 4.72 Å². The van der Waals surface area contributed by atoms with Gasteiger partial charge in [-0.05, 0) is 36.8 Å². The first-order chi connectivity index (χ1) is 9.40. The number of hydrogen-bond donors (Lipinski definition) is 2. The average Bonchev–Trinajstić information content (AvgIpc) is 2.38. The molecule has 20 heavy (non-hydrogen) atoms. The summed E-state index contributed by atoms with van der Waals surface area (Å²) in [7, 11) is -3.66. The lowest BCUT2D eigenvalue weighted by molar-refractivity contribution is 0.601. The fourth-order valence-electron chi connectivity index (χ4n) is 1.77. The summed E-state index contributed by atoms with van der Waals surface area (Å²) in [5.74, 6) is 0. The number of aryl methyl sites for hydroxylation is 1. The van der Waals surface area contributed by atoms with Crippen molar-refractivity contribution >= 4 is 32.9 Å². The molecule has 0 aliphatic rings. The summed E-state index contributed by atoms with van der Waals surface area (Å²) >= 11 is 4.92. The van der Waals surface area contributed by atoms with Crippen LogP contribution < -0.4 is 10.5 Å². The summed E-state index contributed by atoms with van der Waals surface area (Å²) in [5.41, 5.74) is 7.34. The maximum absolute atomic E-state index is 12.3. The van der Waals surface area contributed by atoms with E-state index < -0.39 is 10.0 Å². The first-order valence-electron chi connectivity index (χ1n) is 5.88. The molecule has 0 atom stereocenters. The second-order valence-electron chi connectivity index (χ2n) is 4.33. The van der Waals surface area contributed by atoms with Crippen molar-refractivity contribution in [1.82, 2.24) is 0 Å². The summed E-state index contributed by atoms with van der Waals surface area (Å²) in [6.45, 7) is 1.84. The Kier molecular flexibility index (Phi) is 4.06. The Morgan fingerprint density at radius 2 is 1.85 bits per heavy atom. The van der Waals surface area contributed by atoms with Gasteiger partial charge in [0.15, 0.2) is 0 Å². The van der Waals surface area contributed by atoms with E-state index in [0.29, 0.717) is 11.3 Å². The Morgan fingerprint density at radius 1 is 1.15 bits per heavy atom. The monoisotopic (exact) mass is 306 g/mol. The van der Waals surface area contributed by atoms with E-state index in [2.05, 4.69) is 4.72 Å². The molecule has 2 aromatic rings. The lowest BCUT2D eigenvalue weighted by Gasteiger charge is -2.12. The van der Waals surface area contributed by atoms with Crippen LogP contribution in [0.4, 0.5) is 5.69 Å². The Balaban J connectivity index is 2.41. The molecule has 0 saturated carbocycles. The smallest absolute Gasteiger partial charge is 0.261 e. The normalized spacial score (nSPS) is 11.1. The third-order valence-corrected chi connectivity index (χ3v) is 4.32. The molecule has 0 amide bonds. The van der Waals surface area contributed by atoms with Gasteiger partial charge in [0.2, 0.25) is 0 Å². The van der Waals surface area contributed by atoms with Crippen LogP contribution in [0.15, 0.2) is 53.4 Å². The van der Waals surface area contributed by atoms with Crippen LogP contribution in [0.2, 0.25) is 0 Å². The van der Waals surface area contributed by atoms with E-state index in [1.807, 2.05) is 13.0 Å². The van der Waals surface area contributed by atoms with E-state index in [9.17, 15) is 8.42 Å². The van der Waals surface area contributed by atoms with Crippen molar-refractivity contribution in [2.24, 2.45) is 5.73 Å². The molecule has 0 aliphatic carbocycles. The predicted octanol–water partition coefficient (Wildman–Crippen LogP) is 2.43. The maximum atomic E-state index is 12.3. The number of nitrogens with one attached hydrogen (secondary N) is 1. The van der Waals surface area contributed by atoms with Crippen LogP contribution in [0.1, 0.15) is 11.1 Å². The summed E-state index contributed by atoms with van der Waals surface area (Å²) in [5, 5.41) is 0. The second-order valence-corrected chi connectivity index (χ2v) is 6.45. The number of sulfonamides is 1. The summed E-state index contributed by atoms with van der Waals surface area (Å²) in [4.78, 5) is 0.350. The van der Waals surface area contributed by atoms with Crippen molar-refractivity contribution < 1.29 is 8.42 Å². The Labute approximate surface area is 123 Å². The van der Waals surface area contributed by atoms with Gasteiger partial charge in [-0.2, -0.15) is 0 Å². The quantitative estimate of drug-likeness (QED) is 0.851. The number of nitrogens with two attached hydrogens (primary N) is 1. The van der Waals surface area contributed by atoms with E-state index in [0.717, 1.165) is 5.56 Å². The number of benzene rings is 2. The Morgan fingerprint density at radius 3 is 2.50 bits per heavy atom. The Bertz CT molecular complexity index is 755. The highest BCUT2D eigenvalue weighted by molar-refractivity contribution is 7.92. The minimum absolute atomic E-state index is 0.146. The molecule has 2 rings (SSSR count). The van der Waals surface area contributed by atoms with E-state index in [1.54, 1.807) is 42.5 Å². The zero-order valence-electron chi connectivity index (χ0n) is 10.8. The maximum Gasteiger partial charge on any atom is 0.261 e. The third kappa shape index (κ3) is 3.15. The molecular weight excluding hydrogens is 292 g/mol. The van der Waals surface area contributed by atoms with Crippen LogP contribution in [0.3, 0.4) is 0 Å². The lowest BCUT2D eigenvalue weighted by Crippen LogP contribution is -2.18. The summed E-state index contributed by atoms with van der Waals surface area (Å²) in [6, 6.07) is 13.4. The lowest BCUT2D eigenvalue weighted by atomic mass is 10.2. The van der Waals surface area contributed by atoms with Crippen LogP contribution in [-0.4, -0.2) is 13.4 Å². The van der Waals surface area contributed by atoms with Crippen LogP contribution in [0.25, 0.3) is 0 Å². The van der Waals surface area contributed by atoms with Crippen molar-refractivity contribution in [3.05, 3.63) is 59.7 Å². The van der Waals surface area contributed by atoms with Crippen LogP contribution in [-0.2, 0) is 10.0 Å². The third-order valence-electron chi connectivity index (χ3n) is 2.74. The molecule has 0 spiro atoms. The highest BCUT2D eigenvalue weighted by Gasteiger charge is 2.16. The van der Waals surface area contributed by atoms with E-state index in [-0.39, 0.29) is 9.88 Å². The van der Waals surface area contributed by atoms with Gasteiger partial charge in [0.05, 0.1) is 10.6 Å². The van der Waals surface area contributed by atoms with Crippen molar-refractivity contribution in [3.8, 4) is 0 Å². The van der Waals surface area contributed by atoms with Gasteiger partial charge in [-0.15, -0.1) is 0 Å². The van der Waals surface area contributed by atoms with Crippen molar-refractivity contribution in [3.63, 3.8) is 0 Å². The zero-order valence-corrected chi connectivity index (χ0v) is 12.5. The van der Waals surface area contributed by atoms with Gasteiger partial charge in [0.25, 0.3) is 10.0 Å². The SMILES string of the molecule is Cc1cccc(S(=O)(=O)Nc2ccccc2C(N)=S)c1. The van der Waals surface area contributed by atoms with Crippen LogP contribution >= 0.6 is 12.2 Å². The first kappa shape index (κ1) is 14.5. The summed E-state index contributed by atoms with van der Waals surface area (Å²) < 4.78 is 27.2. The van der Waals surface area contributed by atoms with Crippen molar-refractivity contribution in [2.75, 3.05) is 4.72 Å². The van der Waals surface area contributed by atoms with E-state index in [1.165, 1.54) is 0 Å². The molecule has 0 saturated heterocycles. The summed E-state index contributed by atoms with van der Waals surface area (Å²) in [6.07, 6.45) is 0. The molecular formula is C14H14N2O2S2. The van der Waals surface area contributed by atoms with Crippen LogP contribution in [0, 0.1) is 6.92 Å². The highest BCUT2D eigenvalue weighted by Crippen LogP contribution is 2.20. The van der Waals surface area contributed by atoms with E-state index in [4.69, 9.17) is 18.0 Å². The topological polar surface area (TPSA) is 72.2 Å². The number of hydrogen-bond acceptors (Lipinski definition) is 3. The molecule has 3 N–H and O–H groups in total. The predicted molar refractivity (Wildman–Crippen MR) is 84.3 cm³/mol. The fraction of sp³-hybridized carbons (Fsp3) is 0.0714. The Hall–Kier alpha value is -1.92. The number of rotatable bonds is 4. The van der Waals surface area contributed by atoms with Gasteiger partial charge in [0.1, 0.15) is 4.99 Å². The molecule has 4 nitrogen and oxygen atoms in total. The van der Waals surface area contributed by atoms with Gasteiger partial charge in [-0.1, -0.05) is 36.5 Å². The minimum atomic E-state index is -3.66. The molecule has 0 aliphatic heterocycles. The molecule has 0 aromatic heterocycles. The molecule has 2 aromatic carbocycles. The molecule has 0 unspecified atom stereocenters. The molecule has 6 heteroatoms. The first-order valence-corrected chi connectivity index (χ1v) is 7.77.